The lowest BCUT2D eigenvalue weighted by atomic mass is 9.54. The van der Waals surface area contributed by atoms with Gasteiger partial charge in [-0.3, -0.25) is 0 Å². The van der Waals surface area contributed by atoms with Crippen LogP contribution >= 0.6 is 0 Å². The Balaban J connectivity index is 2.54. The highest BCUT2D eigenvalue weighted by Crippen LogP contribution is 2.60. The van der Waals surface area contributed by atoms with Gasteiger partial charge in [-0.2, -0.15) is 0 Å². The molecule has 0 radical (unpaired) electrons. The van der Waals surface area contributed by atoms with Crippen molar-refractivity contribution in [3.8, 4) is 0 Å². The third-order valence-corrected chi connectivity index (χ3v) is 5.87. The monoisotopic (exact) mass is 206 g/mol. The summed E-state index contributed by atoms with van der Waals surface area (Å²) in [5, 5.41) is 0. The third-order valence-electron chi connectivity index (χ3n) is 5.87. The average molecular weight is 206 g/mol. The molecule has 0 aromatic rings. The Hall–Kier alpha value is -0.260. The maximum Gasteiger partial charge on any atom is -0.0113 e. The van der Waals surface area contributed by atoms with Crippen molar-refractivity contribution in [1.29, 1.82) is 0 Å². The van der Waals surface area contributed by atoms with Crippen LogP contribution in [0.2, 0.25) is 0 Å². The molecule has 2 unspecified atom stereocenters. The van der Waals surface area contributed by atoms with E-state index in [1.807, 2.05) is 0 Å². The smallest absolute Gasteiger partial charge is 0.0113 e. The normalized spacial score (nSPS) is 38.0. The predicted octanol–water partition coefficient (Wildman–Crippen LogP) is 4.81. The molecule has 0 saturated heterocycles. The molecule has 2 aliphatic carbocycles. The molecule has 0 bridgehead atoms. The summed E-state index contributed by atoms with van der Waals surface area (Å²) in [5.41, 5.74) is 4.22. The molecule has 0 N–H and O–H groups in total. The molecular formula is C15H26. The molecule has 0 aliphatic heterocycles. The zero-order valence-corrected chi connectivity index (χ0v) is 11.3. The highest BCUT2D eigenvalue weighted by atomic mass is 14.6. The summed E-state index contributed by atoms with van der Waals surface area (Å²) >= 11 is 0. The summed E-state index contributed by atoms with van der Waals surface area (Å²) in [6, 6.07) is 0. The van der Waals surface area contributed by atoms with Gasteiger partial charge in [0, 0.05) is 0 Å². The fraction of sp³-hybridized carbons (Fsp3) is 0.867. The van der Waals surface area contributed by atoms with Gasteiger partial charge in [-0.05, 0) is 49.4 Å². The largest absolute Gasteiger partial charge is 0.0679 e. The van der Waals surface area contributed by atoms with Crippen molar-refractivity contribution >= 4 is 0 Å². The van der Waals surface area contributed by atoms with E-state index in [4.69, 9.17) is 0 Å². The highest BCUT2D eigenvalue weighted by Gasteiger charge is 2.51. The fourth-order valence-electron chi connectivity index (χ4n) is 4.21. The third kappa shape index (κ3) is 1.33. The van der Waals surface area contributed by atoms with Crippen molar-refractivity contribution in [3.05, 3.63) is 11.1 Å². The van der Waals surface area contributed by atoms with Crippen LogP contribution in [-0.2, 0) is 0 Å². The van der Waals surface area contributed by atoms with E-state index in [1.54, 1.807) is 11.1 Å². The van der Waals surface area contributed by atoms with E-state index in [0.717, 1.165) is 11.8 Å². The second-order valence-electron chi connectivity index (χ2n) is 6.84. The number of fused-ring (bicyclic) bond motifs is 1. The van der Waals surface area contributed by atoms with Crippen molar-refractivity contribution < 1.29 is 0 Å². The van der Waals surface area contributed by atoms with Gasteiger partial charge in [-0.1, -0.05) is 45.3 Å². The topological polar surface area (TPSA) is 0 Å². The van der Waals surface area contributed by atoms with E-state index in [-0.39, 0.29) is 0 Å². The SMILES string of the molecule is CC1=C(C)C(C)(C)C2CCCC2C1(C)C. The van der Waals surface area contributed by atoms with Gasteiger partial charge in [0.2, 0.25) is 0 Å². The van der Waals surface area contributed by atoms with Crippen LogP contribution < -0.4 is 0 Å². The number of allylic oxidation sites excluding steroid dienone is 2. The van der Waals surface area contributed by atoms with E-state index >= 15 is 0 Å². The lowest BCUT2D eigenvalue weighted by Gasteiger charge is -2.51. The van der Waals surface area contributed by atoms with Crippen LogP contribution in [0.25, 0.3) is 0 Å². The van der Waals surface area contributed by atoms with Gasteiger partial charge >= 0.3 is 0 Å². The van der Waals surface area contributed by atoms with Gasteiger partial charge in [0.1, 0.15) is 0 Å². The van der Waals surface area contributed by atoms with Crippen LogP contribution in [0.5, 0.6) is 0 Å². The Kier molecular flexibility index (Phi) is 2.34. The summed E-state index contributed by atoms with van der Waals surface area (Å²) < 4.78 is 0. The molecule has 2 atom stereocenters. The molecule has 1 saturated carbocycles. The van der Waals surface area contributed by atoms with Crippen LogP contribution in [0.3, 0.4) is 0 Å². The molecule has 0 aromatic carbocycles. The lowest BCUT2D eigenvalue weighted by Crippen LogP contribution is -2.42. The molecule has 86 valence electrons. The number of hydrogen-bond donors (Lipinski definition) is 0. The number of hydrogen-bond acceptors (Lipinski definition) is 0. The molecule has 15 heavy (non-hydrogen) atoms. The van der Waals surface area contributed by atoms with Crippen LogP contribution in [0, 0.1) is 22.7 Å². The number of rotatable bonds is 0. The highest BCUT2D eigenvalue weighted by molar-refractivity contribution is 5.30. The second-order valence-corrected chi connectivity index (χ2v) is 6.84. The minimum Gasteiger partial charge on any atom is -0.0679 e. The van der Waals surface area contributed by atoms with Gasteiger partial charge in [0.05, 0.1) is 0 Å². The molecule has 0 spiro atoms. The molecular weight excluding hydrogens is 180 g/mol. The van der Waals surface area contributed by atoms with Crippen molar-refractivity contribution in [2.45, 2.75) is 60.8 Å². The first-order valence-corrected chi connectivity index (χ1v) is 6.48. The maximum absolute atomic E-state index is 2.46. The maximum atomic E-state index is 2.46. The van der Waals surface area contributed by atoms with Crippen molar-refractivity contribution in [1.82, 2.24) is 0 Å². The zero-order chi connectivity index (χ0) is 11.4. The molecule has 0 aromatic heterocycles. The Bertz CT molecular complexity index is 274. The summed E-state index contributed by atoms with van der Waals surface area (Å²) in [6.45, 7) is 14.6. The summed E-state index contributed by atoms with van der Waals surface area (Å²) in [5.74, 6) is 1.85. The standard InChI is InChI=1S/C15H26/c1-10-11(2)15(5,6)13-9-7-8-12(13)14(10,3)4/h12-13H,7-9H2,1-6H3. The van der Waals surface area contributed by atoms with Crippen molar-refractivity contribution in [3.63, 3.8) is 0 Å². The van der Waals surface area contributed by atoms with Gasteiger partial charge in [0.25, 0.3) is 0 Å². The first kappa shape index (κ1) is 11.2. The van der Waals surface area contributed by atoms with Gasteiger partial charge in [-0.15, -0.1) is 0 Å². The van der Waals surface area contributed by atoms with E-state index in [1.165, 1.54) is 19.3 Å². The Morgan fingerprint density at radius 1 is 0.800 bits per heavy atom. The Labute approximate surface area is 95.1 Å². The van der Waals surface area contributed by atoms with E-state index < -0.39 is 0 Å². The Morgan fingerprint density at radius 2 is 1.13 bits per heavy atom. The van der Waals surface area contributed by atoms with Crippen molar-refractivity contribution in [2.75, 3.05) is 0 Å². The van der Waals surface area contributed by atoms with Gasteiger partial charge in [0.15, 0.2) is 0 Å². The minimum atomic E-state index is 0.445. The predicted molar refractivity (Wildman–Crippen MR) is 66.8 cm³/mol. The first-order chi connectivity index (χ1) is 6.79. The average Bonchev–Trinajstić information content (AvgIpc) is 2.63. The molecule has 0 heteroatoms. The van der Waals surface area contributed by atoms with E-state index in [0.29, 0.717) is 10.8 Å². The minimum absolute atomic E-state index is 0.445. The summed E-state index contributed by atoms with van der Waals surface area (Å²) in [6.07, 6.45) is 4.35. The molecule has 0 heterocycles. The van der Waals surface area contributed by atoms with Gasteiger partial charge in [-0.25, -0.2) is 0 Å². The molecule has 1 fully saturated rings. The molecule has 2 rings (SSSR count). The summed E-state index contributed by atoms with van der Waals surface area (Å²) in [4.78, 5) is 0. The molecule has 0 amide bonds. The van der Waals surface area contributed by atoms with Crippen LogP contribution in [0.1, 0.15) is 60.8 Å². The second kappa shape index (κ2) is 3.12. The van der Waals surface area contributed by atoms with E-state index in [2.05, 4.69) is 41.5 Å². The zero-order valence-electron chi connectivity index (χ0n) is 11.3. The fourth-order valence-corrected chi connectivity index (χ4v) is 4.21. The quantitative estimate of drug-likeness (QED) is 0.499. The summed E-state index contributed by atoms with van der Waals surface area (Å²) in [7, 11) is 0. The van der Waals surface area contributed by atoms with Gasteiger partial charge < -0.3 is 0 Å². The van der Waals surface area contributed by atoms with E-state index in [9.17, 15) is 0 Å². The molecule has 0 nitrogen and oxygen atoms in total. The Morgan fingerprint density at radius 3 is 1.47 bits per heavy atom. The lowest BCUT2D eigenvalue weighted by molar-refractivity contribution is 0.0924. The van der Waals surface area contributed by atoms with Crippen LogP contribution in [0.4, 0.5) is 0 Å². The molecule has 2 aliphatic rings. The van der Waals surface area contributed by atoms with Crippen LogP contribution in [0.15, 0.2) is 11.1 Å². The first-order valence-electron chi connectivity index (χ1n) is 6.48. The van der Waals surface area contributed by atoms with Crippen molar-refractivity contribution in [2.24, 2.45) is 22.7 Å². The van der Waals surface area contributed by atoms with Crippen LogP contribution in [-0.4, -0.2) is 0 Å².